The van der Waals surface area contributed by atoms with E-state index in [0.29, 0.717) is 5.92 Å². The molecule has 2 heterocycles. The summed E-state index contributed by atoms with van der Waals surface area (Å²) in [7, 11) is 0. The summed E-state index contributed by atoms with van der Waals surface area (Å²) >= 11 is 1.29. The van der Waals surface area contributed by atoms with Gasteiger partial charge in [0.15, 0.2) is 5.16 Å². The van der Waals surface area contributed by atoms with Gasteiger partial charge in [-0.05, 0) is 19.8 Å². The topological polar surface area (TPSA) is 64.3 Å². The summed E-state index contributed by atoms with van der Waals surface area (Å²) < 4.78 is 7.75. The highest BCUT2D eigenvalue weighted by Crippen LogP contribution is 2.26. The molecule has 1 fully saturated rings. The Bertz CT molecular complexity index is 447. The minimum Gasteiger partial charge on any atom is -0.481 e. The molecule has 5 nitrogen and oxygen atoms in total. The standard InChI is InChI=1S/C13H20N2O3S/c1-3-11-6-14-13(19-8-12(16)17)15(11)7-10-4-5-18-9(10)2/h6,9-10H,3-5,7-8H2,1-2H3,(H,16,17). The van der Waals surface area contributed by atoms with E-state index in [2.05, 4.69) is 23.4 Å². The van der Waals surface area contributed by atoms with E-state index < -0.39 is 5.97 Å². The normalized spacial score (nSPS) is 22.8. The molecule has 1 aromatic heterocycles. The number of aromatic nitrogens is 2. The lowest BCUT2D eigenvalue weighted by Gasteiger charge is -2.18. The van der Waals surface area contributed by atoms with Gasteiger partial charge in [-0.1, -0.05) is 18.7 Å². The second kappa shape index (κ2) is 6.43. The number of nitrogens with zero attached hydrogens (tertiary/aromatic N) is 2. The third kappa shape index (κ3) is 3.51. The maximum absolute atomic E-state index is 10.7. The lowest BCUT2D eigenvalue weighted by molar-refractivity contribution is -0.133. The van der Waals surface area contributed by atoms with Crippen molar-refractivity contribution in [1.29, 1.82) is 0 Å². The molecule has 106 valence electrons. The van der Waals surface area contributed by atoms with Gasteiger partial charge in [0, 0.05) is 31.0 Å². The highest BCUT2D eigenvalue weighted by molar-refractivity contribution is 7.99. The maximum Gasteiger partial charge on any atom is 0.313 e. The predicted molar refractivity (Wildman–Crippen MR) is 73.5 cm³/mol. The number of aryl methyl sites for hydroxylation is 1. The first-order valence-electron chi connectivity index (χ1n) is 6.62. The van der Waals surface area contributed by atoms with Crippen LogP contribution < -0.4 is 0 Å². The molecule has 19 heavy (non-hydrogen) atoms. The Morgan fingerprint density at radius 1 is 1.68 bits per heavy atom. The number of thioether (sulfide) groups is 1. The van der Waals surface area contributed by atoms with Crippen molar-refractivity contribution >= 4 is 17.7 Å². The van der Waals surface area contributed by atoms with Gasteiger partial charge in [-0.2, -0.15) is 0 Å². The SMILES string of the molecule is CCc1cnc(SCC(=O)O)n1CC1CCOC1C. The van der Waals surface area contributed by atoms with Gasteiger partial charge in [0.05, 0.1) is 11.9 Å². The molecule has 1 aliphatic heterocycles. The molecule has 1 N–H and O–H groups in total. The molecule has 1 saturated heterocycles. The van der Waals surface area contributed by atoms with E-state index in [-0.39, 0.29) is 11.9 Å². The molecule has 6 heteroatoms. The molecule has 0 amide bonds. The molecular formula is C13H20N2O3S. The molecule has 0 aromatic carbocycles. The van der Waals surface area contributed by atoms with Crippen LogP contribution in [0.25, 0.3) is 0 Å². The fourth-order valence-electron chi connectivity index (χ4n) is 2.36. The van der Waals surface area contributed by atoms with Crippen molar-refractivity contribution in [2.75, 3.05) is 12.4 Å². The molecule has 1 aromatic rings. The van der Waals surface area contributed by atoms with Crippen molar-refractivity contribution in [3.8, 4) is 0 Å². The molecule has 0 aliphatic carbocycles. The molecule has 0 bridgehead atoms. The summed E-state index contributed by atoms with van der Waals surface area (Å²) in [5.41, 5.74) is 1.16. The van der Waals surface area contributed by atoms with Gasteiger partial charge >= 0.3 is 5.97 Å². The zero-order chi connectivity index (χ0) is 13.8. The van der Waals surface area contributed by atoms with E-state index in [1.54, 1.807) is 0 Å². The molecular weight excluding hydrogens is 264 g/mol. The molecule has 0 spiro atoms. The highest BCUT2D eigenvalue weighted by Gasteiger charge is 2.26. The number of rotatable bonds is 6. The van der Waals surface area contributed by atoms with Crippen molar-refractivity contribution < 1.29 is 14.6 Å². The quantitative estimate of drug-likeness (QED) is 0.810. The summed E-state index contributed by atoms with van der Waals surface area (Å²) in [5, 5.41) is 9.58. The van der Waals surface area contributed by atoms with Gasteiger partial charge in [-0.15, -0.1) is 0 Å². The molecule has 2 atom stereocenters. The first-order valence-corrected chi connectivity index (χ1v) is 7.61. The first kappa shape index (κ1) is 14.4. The Hall–Kier alpha value is -1.01. The summed E-state index contributed by atoms with van der Waals surface area (Å²) in [5.74, 6) is -0.268. The number of carboxylic acids is 1. The highest BCUT2D eigenvalue weighted by atomic mass is 32.2. The summed E-state index contributed by atoms with van der Waals surface area (Å²) in [6.45, 7) is 5.88. The Morgan fingerprint density at radius 2 is 2.47 bits per heavy atom. The van der Waals surface area contributed by atoms with Crippen molar-refractivity contribution in [2.24, 2.45) is 5.92 Å². The van der Waals surface area contributed by atoms with E-state index in [1.165, 1.54) is 11.8 Å². The van der Waals surface area contributed by atoms with Gasteiger partial charge in [-0.25, -0.2) is 4.98 Å². The van der Waals surface area contributed by atoms with Crippen LogP contribution in [0.3, 0.4) is 0 Å². The first-order chi connectivity index (χ1) is 9.11. The fourth-order valence-corrected chi connectivity index (χ4v) is 3.09. The fraction of sp³-hybridized carbons (Fsp3) is 0.692. The van der Waals surface area contributed by atoms with Gasteiger partial charge in [0.25, 0.3) is 0 Å². The van der Waals surface area contributed by atoms with Crippen molar-refractivity contribution in [3.05, 3.63) is 11.9 Å². The smallest absolute Gasteiger partial charge is 0.313 e. The summed E-state index contributed by atoms with van der Waals surface area (Å²) in [6, 6.07) is 0. The molecule has 2 rings (SSSR count). The Balaban J connectivity index is 2.11. The summed E-state index contributed by atoms with van der Waals surface area (Å²) in [6.07, 6.45) is 4.09. The van der Waals surface area contributed by atoms with E-state index >= 15 is 0 Å². The number of carboxylic acid groups (broad SMARTS) is 1. The van der Waals surface area contributed by atoms with Crippen LogP contribution in [-0.2, 0) is 22.5 Å². The van der Waals surface area contributed by atoms with Crippen LogP contribution in [0.1, 0.15) is 26.0 Å². The number of carbonyl (C=O) groups is 1. The van der Waals surface area contributed by atoms with Gasteiger partial charge < -0.3 is 14.4 Å². The molecule has 1 aliphatic rings. The lowest BCUT2D eigenvalue weighted by Crippen LogP contribution is -2.19. The minimum absolute atomic E-state index is 0.0525. The zero-order valence-corrected chi connectivity index (χ0v) is 12.2. The van der Waals surface area contributed by atoms with Gasteiger partial charge in [0.1, 0.15) is 0 Å². The van der Waals surface area contributed by atoms with Gasteiger partial charge in [0.2, 0.25) is 0 Å². The van der Waals surface area contributed by atoms with Crippen LogP contribution in [0.5, 0.6) is 0 Å². The summed E-state index contributed by atoms with van der Waals surface area (Å²) in [4.78, 5) is 15.0. The van der Waals surface area contributed by atoms with E-state index in [4.69, 9.17) is 9.84 Å². The number of aliphatic carboxylic acids is 1. The number of hydrogen-bond donors (Lipinski definition) is 1. The Morgan fingerprint density at radius 3 is 3.05 bits per heavy atom. The average molecular weight is 284 g/mol. The van der Waals surface area contributed by atoms with Crippen LogP contribution in [0.15, 0.2) is 11.4 Å². The average Bonchev–Trinajstić information content (AvgIpc) is 2.95. The predicted octanol–water partition coefficient (Wildman–Crippen LogP) is 2.05. The van der Waals surface area contributed by atoms with Crippen LogP contribution in [0.4, 0.5) is 0 Å². The maximum atomic E-state index is 10.7. The van der Waals surface area contributed by atoms with Crippen molar-refractivity contribution in [1.82, 2.24) is 9.55 Å². The third-order valence-corrected chi connectivity index (χ3v) is 4.51. The second-order valence-electron chi connectivity index (χ2n) is 4.80. The number of hydrogen-bond acceptors (Lipinski definition) is 4. The zero-order valence-electron chi connectivity index (χ0n) is 11.3. The Kier molecular flexibility index (Phi) is 4.87. The largest absolute Gasteiger partial charge is 0.481 e. The van der Waals surface area contributed by atoms with E-state index in [1.807, 2.05) is 6.20 Å². The molecule has 0 radical (unpaired) electrons. The monoisotopic (exact) mass is 284 g/mol. The van der Waals surface area contributed by atoms with E-state index in [0.717, 1.165) is 36.8 Å². The number of imidazole rings is 1. The lowest BCUT2D eigenvalue weighted by atomic mass is 10.0. The van der Waals surface area contributed by atoms with E-state index in [9.17, 15) is 4.79 Å². The van der Waals surface area contributed by atoms with Crippen molar-refractivity contribution in [3.63, 3.8) is 0 Å². The van der Waals surface area contributed by atoms with Crippen LogP contribution in [0.2, 0.25) is 0 Å². The van der Waals surface area contributed by atoms with Crippen molar-refractivity contribution in [2.45, 2.75) is 44.5 Å². The minimum atomic E-state index is -0.810. The number of ether oxygens (including phenoxy) is 1. The van der Waals surface area contributed by atoms with Gasteiger partial charge in [-0.3, -0.25) is 4.79 Å². The van der Waals surface area contributed by atoms with Crippen LogP contribution in [-0.4, -0.2) is 39.1 Å². The molecule has 2 unspecified atom stereocenters. The third-order valence-electron chi connectivity index (χ3n) is 3.54. The second-order valence-corrected chi connectivity index (χ2v) is 5.75. The van der Waals surface area contributed by atoms with Crippen LogP contribution in [0, 0.1) is 5.92 Å². The molecule has 0 saturated carbocycles. The van der Waals surface area contributed by atoms with Crippen LogP contribution >= 0.6 is 11.8 Å². The Labute approximate surface area is 117 Å².